The van der Waals surface area contributed by atoms with Crippen LogP contribution in [0.15, 0.2) is 30.3 Å². The molecule has 2 aromatic rings. The van der Waals surface area contributed by atoms with Crippen LogP contribution in [0.3, 0.4) is 0 Å². The van der Waals surface area contributed by atoms with Crippen LogP contribution in [-0.4, -0.2) is 44.2 Å². The number of tetrazole rings is 1. The Morgan fingerprint density at radius 3 is 2.44 bits per heavy atom. The molecule has 25 heavy (non-hydrogen) atoms. The van der Waals surface area contributed by atoms with E-state index in [2.05, 4.69) is 83.8 Å². The summed E-state index contributed by atoms with van der Waals surface area (Å²) >= 11 is 0. The van der Waals surface area contributed by atoms with Crippen molar-refractivity contribution in [2.75, 3.05) is 13.1 Å². The lowest BCUT2D eigenvalue weighted by molar-refractivity contribution is 0.0933. The summed E-state index contributed by atoms with van der Waals surface area (Å²) < 4.78 is 1.90. The zero-order chi connectivity index (χ0) is 17.8. The minimum atomic E-state index is 0.286. The molecule has 1 aliphatic rings. The van der Waals surface area contributed by atoms with Crippen molar-refractivity contribution in [2.45, 2.75) is 52.9 Å². The minimum Gasteiger partial charge on any atom is -0.306 e. The van der Waals surface area contributed by atoms with Gasteiger partial charge < -0.3 is 5.32 Å². The Bertz CT molecular complexity index is 641. The normalized spacial score (nSPS) is 22.6. The molecule has 136 valence electrons. The van der Waals surface area contributed by atoms with Crippen LogP contribution in [0.5, 0.6) is 0 Å². The zero-order valence-electron chi connectivity index (χ0n) is 15.8. The molecule has 1 fully saturated rings. The molecule has 3 rings (SSSR count). The Kier molecular flexibility index (Phi) is 5.81. The van der Waals surface area contributed by atoms with E-state index >= 15 is 0 Å². The highest BCUT2D eigenvalue weighted by Gasteiger charge is 2.31. The van der Waals surface area contributed by atoms with Gasteiger partial charge >= 0.3 is 0 Å². The van der Waals surface area contributed by atoms with Gasteiger partial charge in [0.15, 0.2) is 5.82 Å². The van der Waals surface area contributed by atoms with E-state index in [0.717, 1.165) is 32.0 Å². The lowest BCUT2D eigenvalue weighted by Gasteiger charge is -2.42. The molecule has 1 aromatic heterocycles. The third-order valence-corrected chi connectivity index (χ3v) is 5.11. The van der Waals surface area contributed by atoms with Crippen molar-refractivity contribution >= 4 is 0 Å². The van der Waals surface area contributed by atoms with Crippen molar-refractivity contribution in [3.63, 3.8) is 0 Å². The van der Waals surface area contributed by atoms with Crippen molar-refractivity contribution < 1.29 is 0 Å². The zero-order valence-corrected chi connectivity index (χ0v) is 15.8. The standard InChI is InChI=1S/C19H30N6/c1-14(2)25-18(21-22-23-25)10-20-19-15(3)11-24(12-16(19)4)13-17-8-6-5-7-9-17/h5-9,14-16,19-20H,10-13H2,1-4H3/t15-,16-/m0/s1. The first-order valence-electron chi connectivity index (χ1n) is 9.31. The van der Waals surface area contributed by atoms with Crippen LogP contribution >= 0.6 is 0 Å². The van der Waals surface area contributed by atoms with E-state index in [4.69, 9.17) is 0 Å². The van der Waals surface area contributed by atoms with E-state index in [1.54, 1.807) is 0 Å². The van der Waals surface area contributed by atoms with Crippen LogP contribution < -0.4 is 5.32 Å². The molecule has 6 nitrogen and oxygen atoms in total. The minimum absolute atomic E-state index is 0.286. The van der Waals surface area contributed by atoms with Gasteiger partial charge in [-0.2, -0.15) is 0 Å². The predicted molar refractivity (Wildman–Crippen MR) is 98.9 cm³/mol. The van der Waals surface area contributed by atoms with Crippen LogP contribution in [0, 0.1) is 11.8 Å². The van der Waals surface area contributed by atoms with Gasteiger partial charge in [-0.1, -0.05) is 44.2 Å². The Balaban J connectivity index is 1.56. The second kappa shape index (κ2) is 8.06. The largest absolute Gasteiger partial charge is 0.306 e. The topological polar surface area (TPSA) is 58.9 Å². The molecule has 1 aromatic carbocycles. The van der Waals surface area contributed by atoms with Crippen LogP contribution in [0.2, 0.25) is 0 Å². The van der Waals surface area contributed by atoms with Crippen LogP contribution in [-0.2, 0) is 13.1 Å². The van der Waals surface area contributed by atoms with Gasteiger partial charge in [0.05, 0.1) is 12.6 Å². The van der Waals surface area contributed by atoms with Gasteiger partial charge in [0.1, 0.15) is 0 Å². The van der Waals surface area contributed by atoms with Gasteiger partial charge in [-0.25, -0.2) is 4.68 Å². The smallest absolute Gasteiger partial charge is 0.165 e. The molecular weight excluding hydrogens is 312 g/mol. The fraction of sp³-hybridized carbons (Fsp3) is 0.632. The summed E-state index contributed by atoms with van der Waals surface area (Å²) in [6.45, 7) is 12.9. The molecule has 0 unspecified atom stereocenters. The summed E-state index contributed by atoms with van der Waals surface area (Å²) in [5, 5.41) is 15.8. The fourth-order valence-electron chi connectivity index (χ4n) is 3.99. The van der Waals surface area contributed by atoms with E-state index < -0.39 is 0 Å². The third-order valence-electron chi connectivity index (χ3n) is 5.11. The van der Waals surface area contributed by atoms with E-state index in [1.807, 2.05) is 4.68 Å². The molecule has 6 heteroatoms. The van der Waals surface area contributed by atoms with E-state index in [0.29, 0.717) is 17.9 Å². The molecule has 0 saturated carbocycles. The lowest BCUT2D eigenvalue weighted by Crippen LogP contribution is -2.53. The van der Waals surface area contributed by atoms with Crippen LogP contribution in [0.4, 0.5) is 0 Å². The molecule has 1 N–H and O–H groups in total. The molecule has 1 saturated heterocycles. The average molecular weight is 342 g/mol. The summed E-state index contributed by atoms with van der Waals surface area (Å²) in [5.41, 5.74) is 1.39. The molecule has 0 radical (unpaired) electrons. The highest BCUT2D eigenvalue weighted by molar-refractivity contribution is 5.14. The van der Waals surface area contributed by atoms with Crippen molar-refractivity contribution in [3.8, 4) is 0 Å². The van der Waals surface area contributed by atoms with Crippen LogP contribution in [0.1, 0.15) is 45.1 Å². The number of hydrogen-bond acceptors (Lipinski definition) is 5. The lowest BCUT2D eigenvalue weighted by atomic mass is 9.85. The van der Waals surface area contributed by atoms with Crippen molar-refractivity contribution in [1.29, 1.82) is 0 Å². The number of likely N-dealkylation sites (tertiary alicyclic amines) is 1. The second-order valence-electron chi connectivity index (χ2n) is 7.67. The van der Waals surface area contributed by atoms with Gasteiger partial charge in [-0.05, 0) is 41.7 Å². The maximum absolute atomic E-state index is 4.17. The Labute approximate surface area is 150 Å². The first kappa shape index (κ1) is 18.0. The van der Waals surface area contributed by atoms with E-state index in [-0.39, 0.29) is 6.04 Å². The summed E-state index contributed by atoms with van der Waals surface area (Å²) in [4.78, 5) is 2.57. The number of piperidine rings is 1. The Hall–Kier alpha value is -1.79. The van der Waals surface area contributed by atoms with Crippen molar-refractivity contribution in [1.82, 2.24) is 30.4 Å². The maximum Gasteiger partial charge on any atom is 0.165 e. The summed E-state index contributed by atoms with van der Waals surface area (Å²) in [6, 6.07) is 11.5. The molecule has 0 amide bonds. The average Bonchev–Trinajstić information content (AvgIpc) is 3.04. The molecule has 1 aliphatic heterocycles. The number of hydrogen-bond donors (Lipinski definition) is 1. The number of nitrogens with one attached hydrogen (secondary N) is 1. The summed E-state index contributed by atoms with van der Waals surface area (Å²) in [5.74, 6) is 2.10. The number of benzene rings is 1. The molecule has 0 bridgehead atoms. The molecule has 2 heterocycles. The number of nitrogens with zero attached hydrogens (tertiary/aromatic N) is 5. The highest BCUT2D eigenvalue weighted by atomic mass is 15.5. The second-order valence-corrected chi connectivity index (χ2v) is 7.67. The fourth-order valence-corrected chi connectivity index (χ4v) is 3.99. The van der Waals surface area contributed by atoms with E-state index in [1.165, 1.54) is 5.56 Å². The first-order valence-corrected chi connectivity index (χ1v) is 9.31. The highest BCUT2D eigenvalue weighted by Crippen LogP contribution is 2.24. The third kappa shape index (κ3) is 4.44. The van der Waals surface area contributed by atoms with Gasteiger partial charge in [0.2, 0.25) is 0 Å². The molecule has 0 spiro atoms. The van der Waals surface area contributed by atoms with Crippen molar-refractivity contribution in [2.24, 2.45) is 11.8 Å². The number of rotatable bonds is 6. The van der Waals surface area contributed by atoms with Gasteiger partial charge in [0.25, 0.3) is 0 Å². The summed E-state index contributed by atoms with van der Waals surface area (Å²) in [6.07, 6.45) is 0. The predicted octanol–water partition coefficient (Wildman–Crippen LogP) is 2.50. The quantitative estimate of drug-likeness (QED) is 0.874. The maximum atomic E-state index is 4.17. The van der Waals surface area contributed by atoms with Crippen LogP contribution in [0.25, 0.3) is 0 Å². The van der Waals surface area contributed by atoms with Gasteiger partial charge in [-0.15, -0.1) is 5.10 Å². The van der Waals surface area contributed by atoms with Crippen molar-refractivity contribution in [3.05, 3.63) is 41.7 Å². The van der Waals surface area contributed by atoms with E-state index in [9.17, 15) is 0 Å². The number of aromatic nitrogens is 4. The summed E-state index contributed by atoms with van der Waals surface area (Å²) in [7, 11) is 0. The monoisotopic (exact) mass is 342 g/mol. The molecule has 0 aliphatic carbocycles. The first-order chi connectivity index (χ1) is 12.0. The SMILES string of the molecule is CC(C)n1nnnc1CNC1[C@@H](C)CN(Cc2ccccc2)C[C@@H]1C. The van der Waals surface area contributed by atoms with Gasteiger partial charge in [-0.3, -0.25) is 4.90 Å². The Morgan fingerprint density at radius 2 is 1.80 bits per heavy atom. The molecular formula is C19H30N6. The molecule has 2 atom stereocenters. The van der Waals surface area contributed by atoms with Gasteiger partial charge in [0, 0.05) is 25.7 Å². The Morgan fingerprint density at radius 1 is 1.12 bits per heavy atom.